The van der Waals surface area contributed by atoms with Crippen molar-refractivity contribution in [3.8, 4) is 0 Å². The number of anilines is 1. The van der Waals surface area contributed by atoms with Crippen molar-refractivity contribution >= 4 is 11.7 Å². The van der Waals surface area contributed by atoms with E-state index in [1.165, 1.54) is 0 Å². The van der Waals surface area contributed by atoms with Crippen molar-refractivity contribution in [2.45, 2.75) is 38.7 Å². The maximum absolute atomic E-state index is 12.6. The van der Waals surface area contributed by atoms with E-state index in [4.69, 9.17) is 10.5 Å². The average molecular weight is 357 g/mol. The summed E-state index contributed by atoms with van der Waals surface area (Å²) in [6.45, 7) is 3.91. The molecule has 0 aromatic carbocycles. The first-order valence-corrected chi connectivity index (χ1v) is 9.10. The Balaban J connectivity index is 1.48. The Morgan fingerprint density at radius 1 is 1.42 bits per heavy atom. The van der Waals surface area contributed by atoms with Crippen molar-refractivity contribution in [1.82, 2.24) is 19.7 Å². The molecule has 3 heterocycles. The quantitative estimate of drug-likeness (QED) is 0.847. The fraction of sp³-hybridized carbons (Fsp3) is 0.526. The Bertz CT molecular complexity index is 758. The van der Waals surface area contributed by atoms with Gasteiger partial charge in [0.05, 0.1) is 18.4 Å². The molecule has 2 N–H and O–H groups in total. The predicted molar refractivity (Wildman–Crippen MR) is 99.6 cm³/mol. The largest absolute Gasteiger partial charge is 0.384 e. The molecule has 1 aliphatic rings. The molecule has 7 nitrogen and oxygen atoms in total. The number of pyridine rings is 1. The minimum absolute atomic E-state index is 0.0715. The second-order valence-electron chi connectivity index (χ2n) is 6.87. The van der Waals surface area contributed by atoms with Crippen molar-refractivity contribution in [1.29, 1.82) is 0 Å². The Labute approximate surface area is 154 Å². The first-order chi connectivity index (χ1) is 12.5. The monoisotopic (exact) mass is 357 g/mol. The normalized spacial score (nSPS) is 17.5. The molecule has 0 saturated carbocycles. The highest BCUT2D eigenvalue weighted by molar-refractivity contribution is 5.76. The number of hydrogen-bond acceptors (Lipinski definition) is 5. The number of carbonyl (C=O) groups is 1. The van der Waals surface area contributed by atoms with E-state index in [0.717, 1.165) is 36.1 Å². The van der Waals surface area contributed by atoms with Gasteiger partial charge >= 0.3 is 0 Å². The molecule has 26 heavy (non-hydrogen) atoms. The summed E-state index contributed by atoms with van der Waals surface area (Å²) in [6, 6.07) is 3.86. The van der Waals surface area contributed by atoms with Crippen molar-refractivity contribution in [2.24, 2.45) is 7.05 Å². The van der Waals surface area contributed by atoms with Gasteiger partial charge in [-0.1, -0.05) is 0 Å². The van der Waals surface area contributed by atoms with Crippen LogP contribution < -0.4 is 5.73 Å². The number of hydrogen-bond donors (Lipinski definition) is 1. The molecule has 0 aliphatic carbocycles. The average Bonchev–Trinajstić information content (AvgIpc) is 2.95. The molecule has 0 bridgehead atoms. The van der Waals surface area contributed by atoms with Crippen molar-refractivity contribution in [3.63, 3.8) is 0 Å². The number of ether oxygens (including phenoxy) is 1. The zero-order chi connectivity index (χ0) is 18.5. The molecule has 0 radical (unpaired) electrons. The van der Waals surface area contributed by atoms with Crippen LogP contribution in [0.2, 0.25) is 0 Å². The van der Waals surface area contributed by atoms with E-state index in [9.17, 15) is 4.79 Å². The van der Waals surface area contributed by atoms with E-state index in [-0.39, 0.29) is 12.0 Å². The van der Waals surface area contributed by atoms with Gasteiger partial charge in [0.25, 0.3) is 0 Å². The van der Waals surface area contributed by atoms with Crippen LogP contribution in [-0.4, -0.2) is 51.4 Å². The highest BCUT2D eigenvalue weighted by Gasteiger charge is 2.24. The van der Waals surface area contributed by atoms with Gasteiger partial charge in [0.2, 0.25) is 5.91 Å². The third kappa shape index (κ3) is 4.82. The number of aromatic nitrogens is 3. The van der Waals surface area contributed by atoms with Crippen LogP contribution in [0.1, 0.15) is 29.7 Å². The fourth-order valence-electron chi connectivity index (χ4n) is 3.39. The number of nitrogen functional groups attached to an aromatic ring is 1. The van der Waals surface area contributed by atoms with Gasteiger partial charge in [-0.15, -0.1) is 0 Å². The van der Waals surface area contributed by atoms with Crippen LogP contribution >= 0.6 is 0 Å². The van der Waals surface area contributed by atoms with Gasteiger partial charge in [-0.3, -0.25) is 9.48 Å². The Kier molecular flexibility index (Phi) is 5.88. The van der Waals surface area contributed by atoms with Crippen LogP contribution in [0.25, 0.3) is 0 Å². The molecular weight excluding hydrogens is 330 g/mol. The molecule has 7 heteroatoms. The van der Waals surface area contributed by atoms with Gasteiger partial charge in [0.15, 0.2) is 0 Å². The lowest BCUT2D eigenvalue weighted by atomic mass is 10.1. The Morgan fingerprint density at radius 3 is 3.00 bits per heavy atom. The topological polar surface area (TPSA) is 86.3 Å². The van der Waals surface area contributed by atoms with E-state index >= 15 is 0 Å². The number of morpholine rings is 1. The van der Waals surface area contributed by atoms with Gasteiger partial charge in [0.1, 0.15) is 5.82 Å². The van der Waals surface area contributed by atoms with Gasteiger partial charge in [0, 0.05) is 39.0 Å². The van der Waals surface area contributed by atoms with Gasteiger partial charge < -0.3 is 15.4 Å². The predicted octanol–water partition coefficient (Wildman–Crippen LogP) is 1.50. The third-order valence-electron chi connectivity index (χ3n) is 4.82. The van der Waals surface area contributed by atoms with E-state index < -0.39 is 0 Å². The summed E-state index contributed by atoms with van der Waals surface area (Å²) in [4.78, 5) is 18.5. The van der Waals surface area contributed by atoms with Crippen LogP contribution in [0, 0.1) is 6.92 Å². The molecule has 1 aliphatic heterocycles. The minimum atomic E-state index is 0.0715. The Hall–Kier alpha value is -2.41. The molecule has 1 saturated heterocycles. The summed E-state index contributed by atoms with van der Waals surface area (Å²) in [5, 5.41) is 4.33. The van der Waals surface area contributed by atoms with Crippen molar-refractivity contribution in [2.75, 3.05) is 25.4 Å². The van der Waals surface area contributed by atoms with E-state index in [1.54, 1.807) is 10.9 Å². The van der Waals surface area contributed by atoms with Crippen LogP contribution in [0.3, 0.4) is 0 Å². The number of carbonyl (C=O) groups excluding carboxylic acids is 1. The lowest BCUT2D eigenvalue weighted by Crippen LogP contribution is -2.45. The zero-order valence-electron chi connectivity index (χ0n) is 15.5. The summed E-state index contributed by atoms with van der Waals surface area (Å²) in [6.07, 6.45) is 6.77. The van der Waals surface area contributed by atoms with E-state index in [1.807, 2.05) is 37.2 Å². The molecule has 140 valence electrons. The molecular formula is C19H27N5O2. The number of aryl methyl sites for hydroxylation is 4. The molecule has 1 atom stereocenters. The van der Waals surface area contributed by atoms with Crippen molar-refractivity contribution in [3.05, 3.63) is 41.3 Å². The number of rotatable bonds is 6. The zero-order valence-corrected chi connectivity index (χ0v) is 15.5. The van der Waals surface area contributed by atoms with Crippen LogP contribution in [0.5, 0.6) is 0 Å². The SMILES string of the molecule is Cc1nn(C)cc1CCC(=O)N1CCO[C@H](CCc2ccnc(N)c2)C1. The number of amides is 1. The molecule has 0 spiro atoms. The second-order valence-corrected chi connectivity index (χ2v) is 6.87. The first-order valence-electron chi connectivity index (χ1n) is 9.10. The molecule has 3 rings (SSSR count). The maximum atomic E-state index is 12.6. The second kappa shape index (κ2) is 8.31. The van der Waals surface area contributed by atoms with Crippen LogP contribution in [0.15, 0.2) is 24.5 Å². The highest BCUT2D eigenvalue weighted by atomic mass is 16.5. The summed E-state index contributed by atoms with van der Waals surface area (Å²) in [5.41, 5.74) is 9.01. The smallest absolute Gasteiger partial charge is 0.223 e. The van der Waals surface area contributed by atoms with Crippen LogP contribution in [-0.2, 0) is 29.4 Å². The highest BCUT2D eigenvalue weighted by Crippen LogP contribution is 2.15. The van der Waals surface area contributed by atoms with Crippen molar-refractivity contribution < 1.29 is 9.53 Å². The summed E-state index contributed by atoms with van der Waals surface area (Å²) in [5.74, 6) is 0.726. The molecule has 1 amide bonds. The standard InChI is InChI=1S/C19H27N5O2/c1-14-16(12-23(2)22-14)4-6-19(25)24-9-10-26-17(13-24)5-3-15-7-8-21-18(20)11-15/h7-8,11-12,17H,3-6,9-10,13H2,1-2H3,(H2,20,21)/t17-/m1/s1. The van der Waals surface area contributed by atoms with Crippen LogP contribution in [0.4, 0.5) is 5.82 Å². The maximum Gasteiger partial charge on any atom is 0.223 e. The summed E-state index contributed by atoms with van der Waals surface area (Å²) >= 11 is 0. The number of nitrogens with zero attached hydrogens (tertiary/aromatic N) is 4. The van der Waals surface area contributed by atoms with E-state index in [0.29, 0.717) is 31.9 Å². The molecule has 2 aromatic rings. The summed E-state index contributed by atoms with van der Waals surface area (Å²) < 4.78 is 7.64. The van der Waals surface area contributed by atoms with E-state index in [2.05, 4.69) is 10.1 Å². The lowest BCUT2D eigenvalue weighted by Gasteiger charge is -2.33. The first kappa shape index (κ1) is 18.4. The summed E-state index contributed by atoms with van der Waals surface area (Å²) in [7, 11) is 1.90. The fourth-order valence-corrected chi connectivity index (χ4v) is 3.39. The molecule has 0 unspecified atom stereocenters. The minimum Gasteiger partial charge on any atom is -0.384 e. The lowest BCUT2D eigenvalue weighted by molar-refractivity contribution is -0.138. The molecule has 1 fully saturated rings. The molecule has 2 aromatic heterocycles. The van der Waals surface area contributed by atoms with Gasteiger partial charge in [-0.05, 0) is 49.4 Å². The van der Waals surface area contributed by atoms with Gasteiger partial charge in [-0.2, -0.15) is 5.10 Å². The number of nitrogens with two attached hydrogens (primary N) is 1. The third-order valence-corrected chi connectivity index (χ3v) is 4.82. The Morgan fingerprint density at radius 2 is 2.27 bits per heavy atom. The van der Waals surface area contributed by atoms with Gasteiger partial charge in [-0.25, -0.2) is 4.98 Å².